The van der Waals surface area contributed by atoms with Crippen LogP contribution in [0.2, 0.25) is 0 Å². The highest BCUT2D eigenvalue weighted by Crippen LogP contribution is 2.31. The van der Waals surface area contributed by atoms with Crippen molar-refractivity contribution in [2.45, 2.75) is 12.5 Å². The molecule has 0 aliphatic rings. The molecule has 1 heterocycles. The van der Waals surface area contributed by atoms with Crippen LogP contribution < -0.4 is 5.73 Å². The summed E-state index contributed by atoms with van der Waals surface area (Å²) in [6.45, 7) is 3.66. The Morgan fingerprint density at radius 3 is 2.85 bits per heavy atom. The number of hydrogen-bond donors (Lipinski definition) is 3. The third-order valence-electron chi connectivity index (χ3n) is 3.10. The maximum atomic E-state index is 11.0. The van der Waals surface area contributed by atoms with Crippen molar-refractivity contribution >= 4 is 28.6 Å². The molecule has 0 radical (unpaired) electrons. The number of aromatic amines is 1. The maximum Gasteiger partial charge on any atom is 0.320 e. The highest BCUT2D eigenvalue weighted by Gasteiger charge is 2.20. The number of benzene rings is 1. The van der Waals surface area contributed by atoms with Gasteiger partial charge in [0.05, 0.1) is 4.92 Å². The summed E-state index contributed by atoms with van der Waals surface area (Å²) in [5, 5.41) is 20.4. The zero-order chi connectivity index (χ0) is 14.9. The summed E-state index contributed by atoms with van der Waals surface area (Å²) in [5.74, 6) is -1.12. The van der Waals surface area contributed by atoms with Gasteiger partial charge in [-0.2, -0.15) is 0 Å². The number of nitro benzene ring substituents is 1. The number of nitrogens with two attached hydrogens (primary N) is 1. The van der Waals surface area contributed by atoms with E-state index in [9.17, 15) is 14.9 Å². The Kier molecular flexibility index (Phi) is 3.53. The van der Waals surface area contributed by atoms with E-state index in [4.69, 9.17) is 10.8 Å². The van der Waals surface area contributed by atoms with Crippen LogP contribution in [0.15, 0.2) is 24.9 Å². The fourth-order valence-corrected chi connectivity index (χ4v) is 2.14. The molecule has 2 aromatic rings. The van der Waals surface area contributed by atoms with Crippen LogP contribution in [0.4, 0.5) is 5.69 Å². The van der Waals surface area contributed by atoms with Gasteiger partial charge in [0, 0.05) is 24.1 Å². The Morgan fingerprint density at radius 1 is 1.60 bits per heavy atom. The van der Waals surface area contributed by atoms with Gasteiger partial charge in [0.15, 0.2) is 0 Å². The fourth-order valence-electron chi connectivity index (χ4n) is 2.14. The average Bonchev–Trinajstić information content (AvgIpc) is 2.81. The molecular weight excluding hydrogens is 262 g/mol. The second-order valence-electron chi connectivity index (χ2n) is 4.35. The van der Waals surface area contributed by atoms with Crippen molar-refractivity contribution in [1.29, 1.82) is 0 Å². The summed E-state index contributed by atoms with van der Waals surface area (Å²) >= 11 is 0. The molecule has 1 aromatic heterocycles. The van der Waals surface area contributed by atoms with Crippen LogP contribution in [0.1, 0.15) is 11.1 Å². The van der Waals surface area contributed by atoms with Crippen molar-refractivity contribution in [2.24, 2.45) is 5.73 Å². The number of nitrogens with zero attached hydrogens (tertiary/aromatic N) is 1. The predicted octanol–water partition coefficient (Wildman–Crippen LogP) is 1.67. The first-order chi connectivity index (χ1) is 9.45. The van der Waals surface area contributed by atoms with Crippen LogP contribution in [-0.2, 0) is 11.2 Å². The van der Waals surface area contributed by atoms with Gasteiger partial charge in [-0.1, -0.05) is 12.7 Å². The van der Waals surface area contributed by atoms with Crippen LogP contribution in [0.25, 0.3) is 17.0 Å². The number of aliphatic carboxylic acids is 1. The molecule has 0 aliphatic carbocycles. The fraction of sp³-hybridized carbons (Fsp3) is 0.154. The van der Waals surface area contributed by atoms with Gasteiger partial charge < -0.3 is 15.8 Å². The van der Waals surface area contributed by atoms with Crippen LogP contribution in [0, 0.1) is 10.1 Å². The van der Waals surface area contributed by atoms with Crippen LogP contribution in [0.3, 0.4) is 0 Å². The third kappa shape index (κ3) is 2.26. The highest BCUT2D eigenvalue weighted by molar-refractivity contribution is 5.97. The van der Waals surface area contributed by atoms with Gasteiger partial charge in [0.2, 0.25) is 0 Å². The molecule has 7 nitrogen and oxygen atoms in total. The molecule has 0 fully saturated rings. The van der Waals surface area contributed by atoms with E-state index in [0.717, 1.165) is 0 Å². The standard InChI is InChI=1S/C13H13N3O4/c1-2-7-3-4-10(16(19)20)12-11(7)8(6-15-12)5-9(14)13(17)18/h2-4,6,9,15H,1,5,14H2,(H,17,18)/t9-/m0/s1. The monoisotopic (exact) mass is 275 g/mol. The molecule has 0 unspecified atom stereocenters. The number of rotatable bonds is 5. The summed E-state index contributed by atoms with van der Waals surface area (Å²) in [6.07, 6.45) is 3.19. The Bertz CT molecular complexity index is 705. The van der Waals surface area contributed by atoms with E-state index in [1.54, 1.807) is 18.3 Å². The van der Waals surface area contributed by atoms with E-state index in [0.29, 0.717) is 22.0 Å². The van der Waals surface area contributed by atoms with Gasteiger partial charge in [0.1, 0.15) is 11.6 Å². The lowest BCUT2D eigenvalue weighted by atomic mass is 10.0. The molecule has 1 aromatic carbocycles. The molecule has 4 N–H and O–H groups in total. The zero-order valence-corrected chi connectivity index (χ0v) is 10.5. The zero-order valence-electron chi connectivity index (χ0n) is 10.5. The number of non-ortho nitro benzene ring substituents is 1. The second-order valence-corrected chi connectivity index (χ2v) is 4.35. The smallest absolute Gasteiger partial charge is 0.320 e. The van der Waals surface area contributed by atoms with Gasteiger partial charge in [0.25, 0.3) is 5.69 Å². The van der Waals surface area contributed by atoms with Gasteiger partial charge in [-0.3, -0.25) is 14.9 Å². The van der Waals surface area contributed by atoms with Crippen LogP contribution >= 0.6 is 0 Å². The average molecular weight is 275 g/mol. The summed E-state index contributed by atoms with van der Waals surface area (Å²) in [7, 11) is 0. The van der Waals surface area contributed by atoms with E-state index in [-0.39, 0.29) is 12.1 Å². The summed E-state index contributed by atoms with van der Waals surface area (Å²) < 4.78 is 0. The second kappa shape index (κ2) is 5.14. The minimum atomic E-state index is -1.12. The molecule has 0 saturated carbocycles. The minimum absolute atomic E-state index is 0.0688. The maximum absolute atomic E-state index is 11.0. The summed E-state index contributed by atoms with van der Waals surface area (Å²) in [6, 6.07) is 1.90. The van der Waals surface area contributed by atoms with E-state index >= 15 is 0 Å². The van der Waals surface area contributed by atoms with E-state index in [1.165, 1.54) is 6.07 Å². The number of carbonyl (C=O) groups is 1. The quantitative estimate of drug-likeness (QED) is 0.566. The van der Waals surface area contributed by atoms with Crippen molar-refractivity contribution < 1.29 is 14.8 Å². The van der Waals surface area contributed by atoms with Crippen LogP contribution in [-0.4, -0.2) is 27.0 Å². The molecular formula is C13H13N3O4. The number of nitrogens with one attached hydrogen (secondary N) is 1. The molecule has 0 aliphatic heterocycles. The number of aromatic nitrogens is 1. The Morgan fingerprint density at radius 2 is 2.30 bits per heavy atom. The SMILES string of the molecule is C=Cc1ccc([N+](=O)[O-])c2[nH]cc(C[C@H](N)C(=O)O)c12. The van der Waals surface area contributed by atoms with Gasteiger partial charge >= 0.3 is 5.97 Å². The number of hydrogen-bond acceptors (Lipinski definition) is 4. The minimum Gasteiger partial charge on any atom is -0.480 e. The number of H-pyrrole nitrogens is 1. The van der Waals surface area contributed by atoms with Gasteiger partial charge in [-0.25, -0.2) is 0 Å². The highest BCUT2D eigenvalue weighted by atomic mass is 16.6. The lowest BCUT2D eigenvalue weighted by Crippen LogP contribution is -2.32. The molecule has 2 rings (SSSR count). The van der Waals surface area contributed by atoms with Crippen LogP contribution in [0.5, 0.6) is 0 Å². The normalized spacial score (nSPS) is 12.2. The number of carboxylic acids is 1. The molecule has 20 heavy (non-hydrogen) atoms. The third-order valence-corrected chi connectivity index (χ3v) is 3.10. The molecule has 7 heteroatoms. The van der Waals surface area contributed by atoms with Crippen molar-refractivity contribution in [2.75, 3.05) is 0 Å². The molecule has 104 valence electrons. The molecule has 1 atom stereocenters. The molecule has 0 saturated heterocycles. The van der Waals surface area contributed by atoms with Gasteiger partial charge in [-0.15, -0.1) is 0 Å². The Hall–Kier alpha value is -2.67. The van der Waals surface area contributed by atoms with Gasteiger partial charge in [-0.05, 0) is 17.2 Å². The number of nitro groups is 1. The topological polar surface area (TPSA) is 122 Å². The van der Waals surface area contributed by atoms with E-state index in [1.807, 2.05) is 0 Å². The van der Waals surface area contributed by atoms with E-state index in [2.05, 4.69) is 11.6 Å². The summed E-state index contributed by atoms with van der Waals surface area (Å²) in [5.41, 5.74) is 7.11. The predicted molar refractivity (Wildman–Crippen MR) is 74.4 cm³/mol. The largest absolute Gasteiger partial charge is 0.480 e. The lowest BCUT2D eigenvalue weighted by molar-refractivity contribution is -0.383. The van der Waals surface area contributed by atoms with Crippen molar-refractivity contribution in [3.05, 3.63) is 46.1 Å². The first-order valence-electron chi connectivity index (χ1n) is 5.84. The molecule has 0 spiro atoms. The summed E-state index contributed by atoms with van der Waals surface area (Å²) in [4.78, 5) is 24.1. The first kappa shape index (κ1) is 13.8. The molecule has 0 bridgehead atoms. The Balaban J connectivity index is 2.63. The first-order valence-corrected chi connectivity index (χ1v) is 5.84. The molecule has 0 amide bonds. The van der Waals surface area contributed by atoms with Crippen molar-refractivity contribution in [1.82, 2.24) is 4.98 Å². The number of fused-ring (bicyclic) bond motifs is 1. The van der Waals surface area contributed by atoms with E-state index < -0.39 is 16.9 Å². The number of carboxylic acid groups (broad SMARTS) is 1. The Labute approximate surface area is 113 Å². The lowest BCUT2D eigenvalue weighted by Gasteiger charge is -2.06. The van der Waals surface area contributed by atoms with Crippen molar-refractivity contribution in [3.8, 4) is 0 Å². The van der Waals surface area contributed by atoms with Crippen molar-refractivity contribution in [3.63, 3.8) is 0 Å².